The molecular formula is C20H29IN6S. The molecule has 6 nitrogen and oxygen atoms in total. The number of piperazine rings is 1. The van der Waals surface area contributed by atoms with Gasteiger partial charge in [-0.2, -0.15) is 4.37 Å². The number of aliphatic imine (C=N–C) groups is 1. The number of aryl methyl sites for hydroxylation is 1. The average molecular weight is 512 g/mol. The van der Waals surface area contributed by atoms with E-state index in [0.717, 1.165) is 69.0 Å². The van der Waals surface area contributed by atoms with E-state index in [2.05, 4.69) is 62.6 Å². The van der Waals surface area contributed by atoms with E-state index in [1.165, 1.54) is 22.7 Å². The third kappa shape index (κ3) is 4.59. The normalized spacial score (nSPS) is 18.9. The van der Waals surface area contributed by atoms with Crippen molar-refractivity contribution in [3.63, 3.8) is 0 Å². The van der Waals surface area contributed by atoms with Crippen LogP contribution in [0.2, 0.25) is 0 Å². The Kier molecular flexibility index (Phi) is 7.50. The van der Waals surface area contributed by atoms with Crippen molar-refractivity contribution >= 4 is 46.6 Å². The number of fused-ring (bicyclic) bond motifs is 1. The van der Waals surface area contributed by atoms with Gasteiger partial charge < -0.3 is 15.1 Å². The predicted octanol–water partition coefficient (Wildman–Crippen LogP) is 3.15. The topological polar surface area (TPSA) is 56.7 Å². The van der Waals surface area contributed by atoms with Gasteiger partial charge in [-0.3, -0.25) is 4.99 Å². The molecule has 0 radical (unpaired) electrons. The van der Waals surface area contributed by atoms with Crippen LogP contribution in [-0.2, 0) is 12.8 Å². The van der Waals surface area contributed by atoms with Crippen LogP contribution in [0.1, 0.15) is 36.7 Å². The van der Waals surface area contributed by atoms with E-state index in [1.807, 2.05) is 0 Å². The number of halogens is 1. The molecule has 0 bridgehead atoms. The molecule has 1 aromatic heterocycles. The van der Waals surface area contributed by atoms with Gasteiger partial charge in [0.2, 0.25) is 5.13 Å². The molecule has 1 atom stereocenters. The summed E-state index contributed by atoms with van der Waals surface area (Å²) in [6, 6.07) is 8.74. The number of rotatable bonds is 5. The number of benzene rings is 1. The van der Waals surface area contributed by atoms with Crippen molar-refractivity contribution < 1.29 is 0 Å². The van der Waals surface area contributed by atoms with Crippen LogP contribution in [0.3, 0.4) is 0 Å². The molecule has 2 aromatic rings. The first-order valence-corrected chi connectivity index (χ1v) is 10.7. The van der Waals surface area contributed by atoms with Crippen molar-refractivity contribution in [1.29, 1.82) is 0 Å². The molecule has 1 aliphatic carbocycles. The lowest BCUT2D eigenvalue weighted by Gasteiger charge is -2.36. The molecule has 1 saturated heterocycles. The van der Waals surface area contributed by atoms with Gasteiger partial charge in [0, 0.05) is 63.1 Å². The number of anilines is 1. The Morgan fingerprint density at radius 1 is 1.21 bits per heavy atom. The Hall–Kier alpha value is -1.42. The highest BCUT2D eigenvalue weighted by Crippen LogP contribution is 2.34. The summed E-state index contributed by atoms with van der Waals surface area (Å²) in [6.45, 7) is 9.88. The molecule has 0 saturated carbocycles. The molecule has 152 valence electrons. The van der Waals surface area contributed by atoms with Crippen molar-refractivity contribution in [3.05, 3.63) is 41.2 Å². The summed E-state index contributed by atoms with van der Waals surface area (Å²) in [5.74, 6) is 2.58. The van der Waals surface area contributed by atoms with Gasteiger partial charge >= 0.3 is 0 Å². The maximum absolute atomic E-state index is 4.96. The second kappa shape index (κ2) is 9.87. The average Bonchev–Trinajstić information content (AvgIpc) is 3.17. The van der Waals surface area contributed by atoms with Gasteiger partial charge in [-0.05, 0) is 24.5 Å². The van der Waals surface area contributed by atoms with Crippen molar-refractivity contribution in [2.75, 3.05) is 44.2 Å². The minimum Gasteiger partial charge on any atom is -0.357 e. The Labute approximate surface area is 188 Å². The maximum Gasteiger partial charge on any atom is 0.205 e. The van der Waals surface area contributed by atoms with E-state index in [1.54, 1.807) is 0 Å². The Morgan fingerprint density at radius 3 is 2.68 bits per heavy atom. The van der Waals surface area contributed by atoms with Crippen LogP contribution in [0.4, 0.5) is 5.13 Å². The Morgan fingerprint density at radius 2 is 2.00 bits per heavy atom. The van der Waals surface area contributed by atoms with Crippen molar-refractivity contribution in [2.24, 2.45) is 4.99 Å². The number of nitrogens with one attached hydrogen (secondary N) is 1. The van der Waals surface area contributed by atoms with E-state index in [0.29, 0.717) is 5.92 Å². The molecule has 1 N–H and O–H groups in total. The van der Waals surface area contributed by atoms with E-state index in [-0.39, 0.29) is 24.0 Å². The summed E-state index contributed by atoms with van der Waals surface area (Å²) in [5.41, 5.74) is 2.96. The monoisotopic (exact) mass is 512 g/mol. The zero-order valence-electron chi connectivity index (χ0n) is 16.6. The first kappa shape index (κ1) is 21.3. The summed E-state index contributed by atoms with van der Waals surface area (Å²) in [4.78, 5) is 14.3. The fourth-order valence-electron chi connectivity index (χ4n) is 3.77. The highest BCUT2D eigenvalue weighted by atomic mass is 127. The highest BCUT2D eigenvalue weighted by molar-refractivity contribution is 14.0. The van der Waals surface area contributed by atoms with Crippen LogP contribution in [0.15, 0.2) is 29.3 Å². The van der Waals surface area contributed by atoms with Crippen LogP contribution < -0.4 is 10.2 Å². The summed E-state index contributed by atoms with van der Waals surface area (Å²) < 4.78 is 4.42. The lowest BCUT2D eigenvalue weighted by Crippen LogP contribution is -2.52. The zero-order valence-corrected chi connectivity index (χ0v) is 19.7. The fourth-order valence-corrected chi connectivity index (χ4v) is 4.58. The third-order valence-electron chi connectivity index (χ3n) is 5.38. The van der Waals surface area contributed by atoms with Crippen molar-refractivity contribution in [3.8, 4) is 0 Å². The van der Waals surface area contributed by atoms with Gasteiger partial charge in [-0.15, -0.1) is 24.0 Å². The fraction of sp³-hybridized carbons (Fsp3) is 0.550. The van der Waals surface area contributed by atoms with Gasteiger partial charge in [-0.1, -0.05) is 31.2 Å². The molecule has 2 aliphatic rings. The highest BCUT2D eigenvalue weighted by Gasteiger charge is 2.26. The van der Waals surface area contributed by atoms with Gasteiger partial charge in [0.1, 0.15) is 5.82 Å². The maximum atomic E-state index is 4.96. The van der Waals surface area contributed by atoms with E-state index < -0.39 is 0 Å². The molecular weight excluding hydrogens is 483 g/mol. The lowest BCUT2D eigenvalue weighted by molar-refractivity contribution is 0.371. The summed E-state index contributed by atoms with van der Waals surface area (Å²) in [5, 5.41) is 4.53. The molecule has 28 heavy (non-hydrogen) atoms. The Balaban J connectivity index is 0.00000225. The van der Waals surface area contributed by atoms with Gasteiger partial charge in [0.25, 0.3) is 0 Å². The van der Waals surface area contributed by atoms with Crippen LogP contribution in [0, 0.1) is 0 Å². The molecule has 1 fully saturated rings. The van der Waals surface area contributed by atoms with Crippen LogP contribution in [-0.4, -0.2) is 59.5 Å². The first-order valence-electron chi connectivity index (χ1n) is 9.97. The summed E-state index contributed by atoms with van der Waals surface area (Å²) in [6.07, 6.45) is 2.06. The van der Waals surface area contributed by atoms with Gasteiger partial charge in [0.05, 0.1) is 0 Å². The number of guanidine groups is 1. The quantitative estimate of drug-likeness (QED) is 0.379. The largest absolute Gasteiger partial charge is 0.357 e. The number of nitrogens with zero attached hydrogens (tertiary/aromatic N) is 5. The molecule has 1 aliphatic heterocycles. The number of hydrogen-bond donors (Lipinski definition) is 1. The second-order valence-corrected chi connectivity index (χ2v) is 7.85. The minimum atomic E-state index is 0. The minimum absolute atomic E-state index is 0. The number of hydrogen-bond acceptors (Lipinski definition) is 5. The zero-order chi connectivity index (χ0) is 18.6. The van der Waals surface area contributed by atoms with Crippen LogP contribution >= 0.6 is 35.5 Å². The van der Waals surface area contributed by atoms with E-state index in [4.69, 9.17) is 4.99 Å². The first-order chi connectivity index (χ1) is 13.3. The molecule has 1 aromatic carbocycles. The lowest BCUT2D eigenvalue weighted by atomic mass is 9.78. The smallest absolute Gasteiger partial charge is 0.205 e. The summed E-state index contributed by atoms with van der Waals surface area (Å²) in [7, 11) is 0. The van der Waals surface area contributed by atoms with Gasteiger partial charge in [0.15, 0.2) is 5.96 Å². The molecule has 8 heteroatoms. The van der Waals surface area contributed by atoms with Crippen LogP contribution in [0.25, 0.3) is 0 Å². The molecule has 1 unspecified atom stereocenters. The summed E-state index contributed by atoms with van der Waals surface area (Å²) >= 11 is 1.52. The third-order valence-corrected chi connectivity index (χ3v) is 6.20. The second-order valence-electron chi connectivity index (χ2n) is 7.12. The van der Waals surface area contributed by atoms with Gasteiger partial charge in [-0.25, -0.2) is 4.98 Å². The van der Waals surface area contributed by atoms with E-state index >= 15 is 0 Å². The standard InChI is InChI=1S/C20H28N6S.HI/c1-3-18-23-20(27-24-18)26-11-9-25(10-12-26)19(21-4-2)22-14-16-13-15-7-5-6-8-17(15)16;/h5-8,16H,3-4,9-14H2,1-2H3,(H,21,22);1H. The molecule has 4 rings (SSSR count). The Bertz CT molecular complexity index is 799. The SMILES string of the molecule is CCNC(=NCC1Cc2ccccc21)N1CCN(c2nc(CC)ns2)CC1.I. The van der Waals surface area contributed by atoms with Crippen molar-refractivity contribution in [2.45, 2.75) is 32.6 Å². The molecule has 2 heterocycles. The molecule has 0 amide bonds. The predicted molar refractivity (Wildman–Crippen MR) is 127 cm³/mol. The van der Waals surface area contributed by atoms with E-state index in [9.17, 15) is 0 Å². The molecule has 0 spiro atoms. The van der Waals surface area contributed by atoms with Crippen molar-refractivity contribution in [1.82, 2.24) is 19.6 Å². The van der Waals surface area contributed by atoms with Crippen LogP contribution in [0.5, 0.6) is 0 Å². The number of aromatic nitrogens is 2.